The lowest BCUT2D eigenvalue weighted by atomic mass is 9.93. The van der Waals surface area contributed by atoms with Crippen LogP contribution in [0.1, 0.15) is 32.9 Å². The number of aryl methyl sites for hydroxylation is 1. The van der Waals surface area contributed by atoms with Crippen molar-refractivity contribution in [2.24, 2.45) is 18.9 Å². The molecule has 0 saturated carbocycles. The van der Waals surface area contributed by atoms with Crippen LogP contribution < -0.4 is 5.32 Å². The van der Waals surface area contributed by atoms with E-state index in [1.54, 1.807) is 0 Å². The third-order valence-electron chi connectivity index (χ3n) is 2.75. The van der Waals surface area contributed by atoms with Gasteiger partial charge in [0.15, 0.2) is 0 Å². The first kappa shape index (κ1) is 13.2. The second-order valence-electron chi connectivity index (χ2n) is 4.99. The number of nitrogens with zero attached hydrogens (tertiary/aromatic N) is 2. The van der Waals surface area contributed by atoms with Crippen LogP contribution in [0, 0.1) is 11.8 Å². The summed E-state index contributed by atoms with van der Waals surface area (Å²) in [5, 5.41) is 7.90. The van der Waals surface area contributed by atoms with E-state index in [0.29, 0.717) is 5.92 Å². The zero-order valence-corrected chi connectivity index (χ0v) is 11.0. The maximum absolute atomic E-state index is 4.45. The lowest BCUT2D eigenvalue weighted by Gasteiger charge is -2.18. The van der Waals surface area contributed by atoms with Gasteiger partial charge in [0.2, 0.25) is 0 Å². The Morgan fingerprint density at radius 2 is 2.19 bits per heavy atom. The third kappa shape index (κ3) is 4.79. The second kappa shape index (κ2) is 6.69. The fraction of sp³-hybridized carbons (Fsp3) is 0.769. The summed E-state index contributed by atoms with van der Waals surface area (Å²) in [5.74, 6) is 1.46. The van der Waals surface area contributed by atoms with Gasteiger partial charge in [-0.3, -0.25) is 4.68 Å². The van der Waals surface area contributed by atoms with Gasteiger partial charge in [-0.05, 0) is 43.8 Å². The molecule has 0 aliphatic heterocycles. The Balaban J connectivity index is 2.48. The lowest BCUT2D eigenvalue weighted by Crippen LogP contribution is -2.25. The molecule has 0 aromatic carbocycles. The lowest BCUT2D eigenvalue weighted by molar-refractivity contribution is 0.385. The highest BCUT2D eigenvalue weighted by Gasteiger charge is 2.12. The Kier molecular flexibility index (Phi) is 5.53. The molecule has 0 radical (unpaired) electrons. The Hall–Kier alpha value is -0.830. The van der Waals surface area contributed by atoms with Gasteiger partial charge in [0.1, 0.15) is 0 Å². The predicted octanol–water partition coefficient (Wildman–Crippen LogP) is 2.23. The predicted molar refractivity (Wildman–Crippen MR) is 68.4 cm³/mol. The summed E-state index contributed by atoms with van der Waals surface area (Å²) in [6.45, 7) is 8.89. The first-order valence-corrected chi connectivity index (χ1v) is 6.31. The number of hydrogen-bond donors (Lipinski definition) is 1. The molecule has 1 heterocycles. The standard InChI is InChI=1S/C13H25N3/c1-5-14-10-12(8-11(2)3)9-13-6-7-16(4)15-13/h6-7,11-12,14H,5,8-10H2,1-4H3. The molecule has 1 N–H and O–H groups in total. The minimum absolute atomic E-state index is 0.704. The summed E-state index contributed by atoms with van der Waals surface area (Å²) in [6.07, 6.45) is 4.38. The molecule has 1 aromatic heterocycles. The molecular formula is C13H25N3. The summed E-state index contributed by atoms with van der Waals surface area (Å²) in [6, 6.07) is 2.12. The molecule has 0 aliphatic rings. The Morgan fingerprint density at radius 1 is 1.44 bits per heavy atom. The van der Waals surface area contributed by atoms with Crippen molar-refractivity contribution in [2.45, 2.75) is 33.6 Å². The van der Waals surface area contributed by atoms with Crippen molar-refractivity contribution in [3.8, 4) is 0 Å². The van der Waals surface area contributed by atoms with Crippen LogP contribution in [0.15, 0.2) is 12.3 Å². The average molecular weight is 223 g/mol. The van der Waals surface area contributed by atoms with E-state index in [2.05, 4.69) is 37.3 Å². The summed E-state index contributed by atoms with van der Waals surface area (Å²) in [4.78, 5) is 0. The van der Waals surface area contributed by atoms with Gasteiger partial charge in [0.25, 0.3) is 0 Å². The number of hydrogen-bond acceptors (Lipinski definition) is 2. The van der Waals surface area contributed by atoms with E-state index < -0.39 is 0 Å². The van der Waals surface area contributed by atoms with E-state index >= 15 is 0 Å². The van der Waals surface area contributed by atoms with Gasteiger partial charge in [0, 0.05) is 13.2 Å². The fourth-order valence-corrected chi connectivity index (χ4v) is 2.12. The molecule has 1 atom stereocenters. The Bertz CT molecular complexity index is 291. The van der Waals surface area contributed by atoms with Gasteiger partial charge in [-0.1, -0.05) is 20.8 Å². The molecule has 3 heteroatoms. The highest BCUT2D eigenvalue weighted by atomic mass is 15.2. The molecule has 1 unspecified atom stereocenters. The summed E-state index contributed by atoms with van der Waals surface area (Å²) < 4.78 is 1.88. The van der Waals surface area contributed by atoms with E-state index in [-0.39, 0.29) is 0 Å². The second-order valence-corrected chi connectivity index (χ2v) is 4.99. The van der Waals surface area contributed by atoms with Gasteiger partial charge >= 0.3 is 0 Å². The number of nitrogens with one attached hydrogen (secondary N) is 1. The van der Waals surface area contributed by atoms with Crippen molar-refractivity contribution < 1.29 is 0 Å². The van der Waals surface area contributed by atoms with Crippen LogP contribution in [0.3, 0.4) is 0 Å². The zero-order valence-electron chi connectivity index (χ0n) is 11.0. The van der Waals surface area contributed by atoms with Crippen LogP contribution in [0.25, 0.3) is 0 Å². The highest BCUT2D eigenvalue weighted by molar-refractivity contribution is 5.00. The van der Waals surface area contributed by atoms with Gasteiger partial charge in [-0.15, -0.1) is 0 Å². The van der Waals surface area contributed by atoms with Crippen LogP contribution in [0.5, 0.6) is 0 Å². The van der Waals surface area contributed by atoms with Crippen molar-refractivity contribution in [1.29, 1.82) is 0 Å². The van der Waals surface area contributed by atoms with E-state index in [1.165, 1.54) is 12.1 Å². The van der Waals surface area contributed by atoms with Crippen molar-refractivity contribution in [3.05, 3.63) is 18.0 Å². The minimum atomic E-state index is 0.704. The summed E-state index contributed by atoms with van der Waals surface area (Å²) in [5.41, 5.74) is 1.21. The molecule has 1 rings (SSSR count). The van der Waals surface area contributed by atoms with Crippen molar-refractivity contribution in [2.75, 3.05) is 13.1 Å². The Labute approximate surface area is 99.2 Å². The topological polar surface area (TPSA) is 29.9 Å². The van der Waals surface area contributed by atoms with Gasteiger partial charge in [0.05, 0.1) is 5.69 Å². The normalized spacial score (nSPS) is 13.3. The largest absolute Gasteiger partial charge is 0.317 e. The molecule has 16 heavy (non-hydrogen) atoms. The summed E-state index contributed by atoms with van der Waals surface area (Å²) >= 11 is 0. The first-order valence-electron chi connectivity index (χ1n) is 6.31. The van der Waals surface area contributed by atoms with Crippen LogP contribution in [-0.2, 0) is 13.5 Å². The van der Waals surface area contributed by atoms with Gasteiger partial charge in [-0.2, -0.15) is 5.10 Å². The Morgan fingerprint density at radius 3 is 2.69 bits per heavy atom. The van der Waals surface area contributed by atoms with Crippen molar-refractivity contribution >= 4 is 0 Å². The molecule has 0 spiro atoms. The SMILES string of the molecule is CCNCC(Cc1ccn(C)n1)CC(C)C. The average Bonchev–Trinajstić information content (AvgIpc) is 2.59. The third-order valence-corrected chi connectivity index (χ3v) is 2.75. The molecular weight excluding hydrogens is 198 g/mol. The van der Waals surface area contributed by atoms with Gasteiger partial charge in [-0.25, -0.2) is 0 Å². The molecule has 0 amide bonds. The van der Waals surface area contributed by atoms with E-state index in [4.69, 9.17) is 0 Å². The molecule has 0 fully saturated rings. The van der Waals surface area contributed by atoms with Crippen LogP contribution >= 0.6 is 0 Å². The monoisotopic (exact) mass is 223 g/mol. The van der Waals surface area contributed by atoms with Crippen LogP contribution in [-0.4, -0.2) is 22.9 Å². The molecule has 0 aliphatic carbocycles. The zero-order chi connectivity index (χ0) is 12.0. The van der Waals surface area contributed by atoms with Gasteiger partial charge < -0.3 is 5.32 Å². The quantitative estimate of drug-likeness (QED) is 0.768. The summed E-state index contributed by atoms with van der Waals surface area (Å²) in [7, 11) is 1.98. The minimum Gasteiger partial charge on any atom is -0.317 e. The highest BCUT2D eigenvalue weighted by Crippen LogP contribution is 2.15. The maximum atomic E-state index is 4.45. The van der Waals surface area contributed by atoms with E-state index in [9.17, 15) is 0 Å². The first-order chi connectivity index (χ1) is 7.61. The van der Waals surface area contributed by atoms with Crippen LogP contribution in [0.4, 0.5) is 0 Å². The molecule has 1 aromatic rings. The number of rotatable bonds is 7. The molecule has 0 saturated heterocycles. The smallest absolute Gasteiger partial charge is 0.0627 e. The van der Waals surface area contributed by atoms with Crippen molar-refractivity contribution in [3.63, 3.8) is 0 Å². The van der Waals surface area contributed by atoms with E-state index in [1.807, 2.05) is 17.9 Å². The number of aromatic nitrogens is 2. The van der Waals surface area contributed by atoms with Crippen LogP contribution in [0.2, 0.25) is 0 Å². The fourth-order valence-electron chi connectivity index (χ4n) is 2.12. The maximum Gasteiger partial charge on any atom is 0.0627 e. The van der Waals surface area contributed by atoms with Crippen molar-refractivity contribution in [1.82, 2.24) is 15.1 Å². The van der Waals surface area contributed by atoms with E-state index in [0.717, 1.165) is 25.4 Å². The molecule has 0 bridgehead atoms. The molecule has 3 nitrogen and oxygen atoms in total. The molecule has 92 valence electrons.